The fourth-order valence-electron chi connectivity index (χ4n) is 2.02. The number of imidazole rings is 1. The molecule has 3 heterocycles. The Hall–Kier alpha value is -1.81. The van der Waals surface area contributed by atoms with Crippen molar-refractivity contribution in [1.82, 2.24) is 14.5 Å². The van der Waals surface area contributed by atoms with E-state index in [1.54, 1.807) is 12.5 Å². The van der Waals surface area contributed by atoms with Gasteiger partial charge < -0.3 is 8.98 Å². The first-order valence-electron chi connectivity index (χ1n) is 5.77. The maximum Gasteiger partial charge on any atom is 0.160 e. The molecule has 3 aromatic rings. The topological polar surface area (TPSA) is 43.9 Å². The highest BCUT2D eigenvalue weighted by Crippen LogP contribution is 2.16. The van der Waals surface area contributed by atoms with Gasteiger partial charge in [0.25, 0.3) is 0 Å². The lowest BCUT2D eigenvalue weighted by atomic mass is 10.3. The van der Waals surface area contributed by atoms with Crippen molar-refractivity contribution in [3.63, 3.8) is 0 Å². The number of rotatable bonds is 4. The van der Waals surface area contributed by atoms with Crippen molar-refractivity contribution in [2.75, 3.05) is 0 Å². The molecule has 0 bridgehead atoms. The number of alkyl halides is 1. The molecule has 0 aliphatic carbocycles. The number of halogens is 1. The predicted molar refractivity (Wildman–Crippen MR) is 69.5 cm³/mol. The minimum Gasteiger partial charge on any atom is -0.469 e. The fourth-order valence-corrected chi connectivity index (χ4v) is 2.22. The van der Waals surface area contributed by atoms with Gasteiger partial charge in [-0.1, -0.05) is 0 Å². The molecule has 0 saturated heterocycles. The van der Waals surface area contributed by atoms with E-state index < -0.39 is 0 Å². The molecular formula is C13H12ClN3O. The van der Waals surface area contributed by atoms with Crippen molar-refractivity contribution in [1.29, 1.82) is 0 Å². The van der Waals surface area contributed by atoms with Gasteiger partial charge in [0, 0.05) is 19.2 Å². The number of fused-ring (bicyclic) bond motifs is 1. The van der Waals surface area contributed by atoms with Crippen LogP contribution < -0.4 is 0 Å². The summed E-state index contributed by atoms with van der Waals surface area (Å²) in [6.07, 6.45) is 4.26. The normalized spacial score (nSPS) is 11.2. The number of pyridine rings is 1. The smallest absolute Gasteiger partial charge is 0.160 e. The lowest BCUT2D eigenvalue weighted by molar-refractivity contribution is 0.491. The van der Waals surface area contributed by atoms with Crippen molar-refractivity contribution in [2.45, 2.75) is 18.8 Å². The highest BCUT2D eigenvalue weighted by atomic mass is 35.5. The molecule has 0 fully saturated rings. The molecule has 3 aromatic heterocycles. The van der Waals surface area contributed by atoms with Gasteiger partial charge in [-0.25, -0.2) is 9.97 Å². The molecule has 18 heavy (non-hydrogen) atoms. The van der Waals surface area contributed by atoms with Gasteiger partial charge in [-0.2, -0.15) is 0 Å². The van der Waals surface area contributed by atoms with E-state index in [0.29, 0.717) is 5.88 Å². The summed E-state index contributed by atoms with van der Waals surface area (Å²) in [6, 6.07) is 7.68. The highest BCUT2D eigenvalue weighted by Gasteiger charge is 2.10. The van der Waals surface area contributed by atoms with Gasteiger partial charge in [0.1, 0.15) is 17.1 Å². The van der Waals surface area contributed by atoms with E-state index in [1.165, 1.54) is 0 Å². The zero-order valence-corrected chi connectivity index (χ0v) is 10.5. The van der Waals surface area contributed by atoms with Crippen molar-refractivity contribution >= 4 is 22.8 Å². The van der Waals surface area contributed by atoms with Crippen molar-refractivity contribution < 1.29 is 4.42 Å². The van der Waals surface area contributed by atoms with Crippen LogP contribution in [0.3, 0.4) is 0 Å². The highest BCUT2D eigenvalue weighted by molar-refractivity contribution is 6.16. The van der Waals surface area contributed by atoms with Crippen LogP contribution in [0.15, 0.2) is 41.1 Å². The molecule has 4 nitrogen and oxygen atoms in total. The number of furan rings is 1. The summed E-state index contributed by atoms with van der Waals surface area (Å²) in [5, 5.41) is 0. The molecule has 0 aliphatic rings. The standard InChI is InChI=1S/C13H12ClN3O/c14-9-12-16-11-4-1-6-15-13(11)17(12)7-5-10-3-2-8-18-10/h1-4,6,8H,5,7,9H2. The lowest BCUT2D eigenvalue weighted by Gasteiger charge is -2.05. The third kappa shape index (κ3) is 1.99. The molecule has 0 aliphatic heterocycles. The number of aryl methyl sites for hydroxylation is 2. The van der Waals surface area contributed by atoms with Crippen LogP contribution in [0.25, 0.3) is 11.2 Å². The van der Waals surface area contributed by atoms with E-state index >= 15 is 0 Å². The molecule has 0 radical (unpaired) electrons. The van der Waals surface area contributed by atoms with Gasteiger partial charge in [0.2, 0.25) is 0 Å². The van der Waals surface area contributed by atoms with Gasteiger partial charge in [-0.05, 0) is 24.3 Å². The van der Waals surface area contributed by atoms with Crippen LogP contribution in [0, 0.1) is 0 Å². The first-order chi connectivity index (χ1) is 8.88. The monoisotopic (exact) mass is 261 g/mol. The summed E-state index contributed by atoms with van der Waals surface area (Å²) in [5.41, 5.74) is 1.76. The van der Waals surface area contributed by atoms with Crippen molar-refractivity contribution in [3.8, 4) is 0 Å². The Morgan fingerprint density at radius 3 is 3.00 bits per heavy atom. The molecule has 0 amide bonds. The van der Waals surface area contributed by atoms with Crippen LogP contribution in [0.2, 0.25) is 0 Å². The van der Waals surface area contributed by atoms with Crippen LogP contribution in [0.4, 0.5) is 0 Å². The van der Waals surface area contributed by atoms with Crippen molar-refractivity contribution in [2.24, 2.45) is 0 Å². The second kappa shape index (κ2) is 4.82. The maximum atomic E-state index is 5.93. The molecule has 0 unspecified atom stereocenters. The van der Waals surface area contributed by atoms with Crippen LogP contribution in [-0.4, -0.2) is 14.5 Å². The zero-order valence-electron chi connectivity index (χ0n) is 9.71. The minimum absolute atomic E-state index is 0.383. The molecule has 0 aromatic carbocycles. The average molecular weight is 262 g/mol. The second-order valence-corrected chi connectivity index (χ2v) is 4.26. The Balaban J connectivity index is 1.94. The van der Waals surface area contributed by atoms with E-state index in [-0.39, 0.29) is 0 Å². The quantitative estimate of drug-likeness (QED) is 0.678. The van der Waals surface area contributed by atoms with E-state index in [4.69, 9.17) is 16.0 Å². The van der Waals surface area contributed by atoms with Gasteiger partial charge in [0.15, 0.2) is 5.65 Å². The summed E-state index contributed by atoms with van der Waals surface area (Å²) in [5.74, 6) is 2.18. The van der Waals surface area contributed by atoms with Crippen molar-refractivity contribution in [3.05, 3.63) is 48.3 Å². The molecule has 92 valence electrons. The second-order valence-electron chi connectivity index (χ2n) is 3.99. The zero-order chi connectivity index (χ0) is 12.4. The molecule has 0 N–H and O–H groups in total. The Morgan fingerprint density at radius 2 is 2.22 bits per heavy atom. The van der Waals surface area contributed by atoms with Gasteiger partial charge in [0.05, 0.1) is 12.1 Å². The molecule has 5 heteroatoms. The van der Waals surface area contributed by atoms with Gasteiger partial charge >= 0.3 is 0 Å². The van der Waals surface area contributed by atoms with E-state index in [2.05, 4.69) is 9.97 Å². The summed E-state index contributed by atoms with van der Waals surface area (Å²) in [6.45, 7) is 0.767. The van der Waals surface area contributed by atoms with Gasteiger partial charge in [-0.15, -0.1) is 11.6 Å². The Labute approximate surface area is 109 Å². The largest absolute Gasteiger partial charge is 0.469 e. The summed E-state index contributed by atoms with van der Waals surface area (Å²) < 4.78 is 7.38. The third-order valence-corrected chi connectivity index (χ3v) is 3.10. The number of hydrogen-bond acceptors (Lipinski definition) is 3. The molecule has 3 rings (SSSR count). The van der Waals surface area contributed by atoms with Crippen LogP contribution in [0.1, 0.15) is 11.6 Å². The number of nitrogens with zero attached hydrogens (tertiary/aromatic N) is 3. The average Bonchev–Trinajstić information content (AvgIpc) is 3.03. The molecule has 0 spiro atoms. The van der Waals surface area contributed by atoms with Crippen LogP contribution >= 0.6 is 11.6 Å². The Morgan fingerprint density at radius 1 is 1.28 bits per heavy atom. The molecule has 0 atom stereocenters. The number of hydrogen-bond donors (Lipinski definition) is 0. The number of aromatic nitrogens is 3. The fraction of sp³-hybridized carbons (Fsp3) is 0.231. The summed E-state index contributed by atoms with van der Waals surface area (Å²) >= 11 is 5.93. The van der Waals surface area contributed by atoms with Crippen LogP contribution in [-0.2, 0) is 18.8 Å². The van der Waals surface area contributed by atoms with E-state index in [0.717, 1.165) is 35.7 Å². The first-order valence-corrected chi connectivity index (χ1v) is 6.30. The summed E-state index contributed by atoms with van der Waals surface area (Å²) in [4.78, 5) is 8.83. The van der Waals surface area contributed by atoms with Crippen LogP contribution in [0.5, 0.6) is 0 Å². The van der Waals surface area contributed by atoms with Gasteiger partial charge in [-0.3, -0.25) is 0 Å². The Bertz CT molecular complexity index is 645. The third-order valence-electron chi connectivity index (χ3n) is 2.86. The summed E-state index contributed by atoms with van der Waals surface area (Å²) in [7, 11) is 0. The minimum atomic E-state index is 0.383. The first kappa shape index (κ1) is 11.3. The predicted octanol–water partition coefficient (Wildman–Crippen LogP) is 3.01. The van der Waals surface area contributed by atoms with E-state index in [1.807, 2.05) is 28.8 Å². The Kier molecular flexibility index (Phi) is 3.02. The maximum absolute atomic E-state index is 5.93. The van der Waals surface area contributed by atoms with E-state index in [9.17, 15) is 0 Å². The molecule has 0 saturated carbocycles. The SMILES string of the molecule is ClCc1nc2cccnc2n1CCc1ccco1. The lowest BCUT2D eigenvalue weighted by Crippen LogP contribution is -2.05. The molecular weight excluding hydrogens is 250 g/mol.